The largest absolute Gasteiger partial charge is 0.356 e. The zero-order valence-corrected chi connectivity index (χ0v) is 12.3. The molecule has 0 saturated heterocycles. The van der Waals surface area contributed by atoms with Gasteiger partial charge in [-0.3, -0.25) is 4.79 Å². The predicted molar refractivity (Wildman–Crippen MR) is 76.6 cm³/mol. The van der Waals surface area contributed by atoms with E-state index in [9.17, 15) is 4.79 Å². The van der Waals surface area contributed by atoms with Crippen molar-refractivity contribution < 1.29 is 4.79 Å². The molecule has 0 aromatic heterocycles. The minimum Gasteiger partial charge on any atom is -0.356 e. The first kappa shape index (κ1) is 15.5. The van der Waals surface area contributed by atoms with Crippen LogP contribution in [0.2, 0.25) is 0 Å². The molecule has 1 rings (SSSR count). The quantitative estimate of drug-likeness (QED) is 0.765. The molecule has 0 aromatic rings. The van der Waals surface area contributed by atoms with Crippen LogP contribution in [-0.2, 0) is 4.79 Å². The molecule has 0 bridgehead atoms. The summed E-state index contributed by atoms with van der Waals surface area (Å²) in [5.74, 6) is 1.04. The van der Waals surface area contributed by atoms with Crippen LogP contribution in [0.3, 0.4) is 0 Å². The minimum absolute atomic E-state index is 0.0996. The highest BCUT2D eigenvalue weighted by atomic mass is 16.1. The van der Waals surface area contributed by atoms with Gasteiger partial charge in [-0.25, -0.2) is 0 Å². The molecule has 18 heavy (non-hydrogen) atoms. The van der Waals surface area contributed by atoms with Gasteiger partial charge in [0, 0.05) is 25.0 Å². The highest BCUT2D eigenvalue weighted by Gasteiger charge is 2.13. The lowest BCUT2D eigenvalue weighted by Crippen LogP contribution is -2.38. The Morgan fingerprint density at radius 2 is 1.78 bits per heavy atom. The van der Waals surface area contributed by atoms with E-state index in [1.54, 1.807) is 0 Å². The third kappa shape index (κ3) is 7.70. The standard InChI is InChI=1S/C15H30N2O/c1-15(2,3)17-12-10-14(18)16-11-9-13-7-5-4-6-8-13/h13,17H,4-12H2,1-3H3,(H,16,18). The summed E-state index contributed by atoms with van der Waals surface area (Å²) in [5, 5.41) is 6.37. The fourth-order valence-corrected chi connectivity index (χ4v) is 2.53. The molecular formula is C15H30N2O. The molecule has 0 aromatic carbocycles. The molecule has 0 radical (unpaired) electrons. The van der Waals surface area contributed by atoms with Crippen molar-refractivity contribution in [1.82, 2.24) is 10.6 Å². The van der Waals surface area contributed by atoms with E-state index in [4.69, 9.17) is 0 Å². The monoisotopic (exact) mass is 254 g/mol. The molecule has 0 unspecified atom stereocenters. The maximum Gasteiger partial charge on any atom is 0.221 e. The van der Waals surface area contributed by atoms with Crippen LogP contribution < -0.4 is 10.6 Å². The average Bonchev–Trinajstić information content (AvgIpc) is 2.28. The lowest BCUT2D eigenvalue weighted by molar-refractivity contribution is -0.121. The lowest BCUT2D eigenvalue weighted by Gasteiger charge is -2.22. The van der Waals surface area contributed by atoms with Crippen LogP contribution in [-0.4, -0.2) is 24.5 Å². The first-order valence-electron chi connectivity index (χ1n) is 7.49. The zero-order chi connectivity index (χ0) is 13.4. The normalized spacial score (nSPS) is 17.7. The molecule has 0 atom stereocenters. The van der Waals surface area contributed by atoms with E-state index < -0.39 is 0 Å². The fraction of sp³-hybridized carbons (Fsp3) is 0.933. The Kier molecular flexibility index (Phi) is 6.69. The zero-order valence-electron chi connectivity index (χ0n) is 12.3. The van der Waals surface area contributed by atoms with Crippen LogP contribution in [0.5, 0.6) is 0 Å². The number of amides is 1. The van der Waals surface area contributed by atoms with Gasteiger partial charge in [0.05, 0.1) is 0 Å². The van der Waals surface area contributed by atoms with Crippen molar-refractivity contribution in [2.45, 2.75) is 71.3 Å². The van der Waals surface area contributed by atoms with Crippen LogP contribution in [0.4, 0.5) is 0 Å². The number of rotatable bonds is 6. The Bertz CT molecular complexity index is 239. The summed E-state index contributed by atoms with van der Waals surface area (Å²) >= 11 is 0. The second-order valence-corrected chi connectivity index (χ2v) is 6.57. The van der Waals surface area contributed by atoms with Crippen LogP contribution in [0.15, 0.2) is 0 Å². The highest BCUT2D eigenvalue weighted by Crippen LogP contribution is 2.25. The summed E-state index contributed by atoms with van der Waals surface area (Å²) in [7, 11) is 0. The molecule has 3 nitrogen and oxygen atoms in total. The molecule has 0 heterocycles. The van der Waals surface area contributed by atoms with Gasteiger partial charge in [0.2, 0.25) is 5.91 Å². The van der Waals surface area contributed by atoms with Crippen molar-refractivity contribution in [1.29, 1.82) is 0 Å². The van der Waals surface area contributed by atoms with E-state index in [2.05, 4.69) is 31.4 Å². The molecular weight excluding hydrogens is 224 g/mol. The van der Waals surface area contributed by atoms with E-state index in [0.29, 0.717) is 6.42 Å². The number of carbonyl (C=O) groups excluding carboxylic acids is 1. The van der Waals surface area contributed by atoms with Gasteiger partial charge < -0.3 is 10.6 Å². The Morgan fingerprint density at radius 1 is 1.11 bits per heavy atom. The third-order valence-electron chi connectivity index (χ3n) is 3.61. The van der Waals surface area contributed by atoms with Gasteiger partial charge in [0.1, 0.15) is 0 Å². The van der Waals surface area contributed by atoms with Crippen LogP contribution >= 0.6 is 0 Å². The van der Waals surface area contributed by atoms with Gasteiger partial charge >= 0.3 is 0 Å². The van der Waals surface area contributed by atoms with Crippen molar-refractivity contribution in [3.63, 3.8) is 0 Å². The molecule has 1 saturated carbocycles. The molecule has 0 aliphatic heterocycles. The Labute approximate surface area is 112 Å². The molecule has 2 N–H and O–H groups in total. The number of nitrogens with one attached hydrogen (secondary N) is 2. The van der Waals surface area contributed by atoms with Gasteiger partial charge in [-0.1, -0.05) is 32.1 Å². The lowest BCUT2D eigenvalue weighted by atomic mass is 9.87. The summed E-state index contributed by atoms with van der Waals surface area (Å²) in [6.45, 7) is 7.98. The summed E-state index contributed by atoms with van der Waals surface area (Å²) in [4.78, 5) is 11.6. The summed E-state index contributed by atoms with van der Waals surface area (Å²) in [6.07, 6.45) is 8.65. The van der Waals surface area contributed by atoms with Crippen molar-refractivity contribution in [3.05, 3.63) is 0 Å². The third-order valence-corrected chi connectivity index (χ3v) is 3.61. The van der Waals surface area contributed by atoms with Crippen LogP contribution in [0, 0.1) is 5.92 Å². The van der Waals surface area contributed by atoms with Gasteiger partial charge in [-0.15, -0.1) is 0 Å². The van der Waals surface area contributed by atoms with E-state index >= 15 is 0 Å². The molecule has 3 heteroatoms. The molecule has 1 aliphatic carbocycles. The fourth-order valence-electron chi connectivity index (χ4n) is 2.53. The van der Waals surface area contributed by atoms with Crippen molar-refractivity contribution in [2.24, 2.45) is 5.92 Å². The number of hydrogen-bond acceptors (Lipinski definition) is 2. The Balaban J connectivity index is 1.99. The first-order chi connectivity index (χ1) is 8.47. The van der Waals surface area contributed by atoms with Gasteiger partial charge in [-0.2, -0.15) is 0 Å². The van der Waals surface area contributed by atoms with E-state index in [0.717, 1.165) is 19.0 Å². The maximum absolute atomic E-state index is 11.6. The average molecular weight is 254 g/mol. The highest BCUT2D eigenvalue weighted by molar-refractivity contribution is 5.76. The minimum atomic E-state index is 0.0996. The van der Waals surface area contributed by atoms with E-state index in [1.165, 1.54) is 38.5 Å². The number of hydrogen-bond donors (Lipinski definition) is 2. The second kappa shape index (κ2) is 7.78. The molecule has 1 aliphatic rings. The van der Waals surface area contributed by atoms with E-state index in [-0.39, 0.29) is 11.4 Å². The first-order valence-corrected chi connectivity index (χ1v) is 7.49. The molecule has 106 valence electrons. The molecule has 0 spiro atoms. The summed E-state index contributed by atoms with van der Waals surface area (Å²) < 4.78 is 0. The SMILES string of the molecule is CC(C)(C)NCCC(=O)NCCC1CCCCC1. The molecule has 1 fully saturated rings. The van der Waals surface area contributed by atoms with Crippen molar-refractivity contribution >= 4 is 5.91 Å². The molecule has 1 amide bonds. The predicted octanol–water partition coefficient (Wildman–Crippen LogP) is 2.85. The van der Waals surface area contributed by atoms with Gasteiger partial charge in [0.15, 0.2) is 0 Å². The van der Waals surface area contributed by atoms with E-state index in [1.807, 2.05) is 0 Å². The Hall–Kier alpha value is -0.570. The van der Waals surface area contributed by atoms with Crippen molar-refractivity contribution in [2.75, 3.05) is 13.1 Å². The Morgan fingerprint density at radius 3 is 2.39 bits per heavy atom. The number of carbonyl (C=O) groups is 1. The summed E-state index contributed by atoms with van der Waals surface area (Å²) in [5.41, 5.74) is 0.0996. The van der Waals surface area contributed by atoms with Crippen LogP contribution in [0.1, 0.15) is 65.7 Å². The van der Waals surface area contributed by atoms with Gasteiger partial charge in [-0.05, 0) is 33.1 Å². The van der Waals surface area contributed by atoms with Crippen molar-refractivity contribution in [3.8, 4) is 0 Å². The topological polar surface area (TPSA) is 41.1 Å². The maximum atomic E-state index is 11.6. The summed E-state index contributed by atoms with van der Waals surface area (Å²) in [6, 6.07) is 0. The second-order valence-electron chi connectivity index (χ2n) is 6.57. The van der Waals surface area contributed by atoms with Gasteiger partial charge in [0.25, 0.3) is 0 Å². The smallest absolute Gasteiger partial charge is 0.221 e. The van der Waals surface area contributed by atoms with Crippen LogP contribution in [0.25, 0.3) is 0 Å².